The summed E-state index contributed by atoms with van der Waals surface area (Å²) in [5.74, 6) is 2.89. The average Bonchev–Trinajstić information content (AvgIpc) is 2.31. The van der Waals surface area contributed by atoms with Crippen molar-refractivity contribution in [2.24, 2.45) is 0 Å². The topological polar surface area (TPSA) is 43.4 Å². The lowest BCUT2D eigenvalue weighted by molar-refractivity contribution is 0.211. The summed E-state index contributed by atoms with van der Waals surface area (Å²) >= 11 is 1.91. The van der Waals surface area contributed by atoms with Crippen LogP contribution < -0.4 is 4.74 Å². The number of hydrogen-bond acceptors (Lipinski definition) is 4. The maximum atomic E-state index is 10.9. The second kappa shape index (κ2) is 6.17. The summed E-state index contributed by atoms with van der Waals surface area (Å²) < 4.78 is 27.7. The molecule has 1 aliphatic heterocycles. The van der Waals surface area contributed by atoms with Gasteiger partial charge in [0, 0.05) is 16.4 Å². The predicted octanol–water partition coefficient (Wildman–Crippen LogP) is 3.03. The predicted molar refractivity (Wildman–Crippen MR) is 75.9 cm³/mol. The maximum Gasteiger partial charge on any atom is 0.236 e. The third-order valence-corrected chi connectivity index (χ3v) is 4.87. The number of thioether (sulfide) groups is 1. The molecule has 1 unspecified atom stereocenters. The summed E-state index contributed by atoms with van der Waals surface area (Å²) in [5.41, 5.74) is 0.676. The van der Waals surface area contributed by atoms with Gasteiger partial charge < -0.3 is 4.74 Å². The van der Waals surface area contributed by atoms with Gasteiger partial charge in [-0.05, 0) is 36.3 Å². The van der Waals surface area contributed by atoms with Crippen molar-refractivity contribution < 1.29 is 13.2 Å². The van der Waals surface area contributed by atoms with Crippen molar-refractivity contribution >= 4 is 31.5 Å². The van der Waals surface area contributed by atoms with Crippen LogP contribution in [0.5, 0.6) is 5.75 Å². The van der Waals surface area contributed by atoms with Crippen LogP contribution in [0.25, 0.3) is 0 Å². The molecule has 0 spiro atoms. The lowest BCUT2D eigenvalue weighted by Crippen LogP contribution is -2.23. The maximum absolute atomic E-state index is 10.9. The smallest absolute Gasteiger partial charge is 0.236 e. The molecular formula is C12H15ClO3S2. The van der Waals surface area contributed by atoms with Gasteiger partial charge in [0.2, 0.25) is 9.05 Å². The van der Waals surface area contributed by atoms with Gasteiger partial charge in [-0.1, -0.05) is 12.1 Å². The fraction of sp³-hybridized carbons (Fsp3) is 0.500. The Morgan fingerprint density at radius 1 is 1.33 bits per heavy atom. The molecule has 18 heavy (non-hydrogen) atoms. The van der Waals surface area contributed by atoms with Crippen molar-refractivity contribution in [2.45, 2.75) is 24.7 Å². The Hall–Kier alpha value is -0.390. The first-order valence-electron chi connectivity index (χ1n) is 5.78. The minimum atomic E-state index is -3.49. The molecule has 2 rings (SSSR count). The summed E-state index contributed by atoms with van der Waals surface area (Å²) in [4.78, 5) is 0. The summed E-state index contributed by atoms with van der Waals surface area (Å²) in [7, 11) is 1.71. The number of rotatable bonds is 4. The highest BCUT2D eigenvalue weighted by atomic mass is 35.7. The second-order valence-corrected chi connectivity index (χ2v) is 8.21. The van der Waals surface area contributed by atoms with E-state index in [0.29, 0.717) is 5.56 Å². The van der Waals surface area contributed by atoms with Gasteiger partial charge in [-0.25, -0.2) is 8.42 Å². The molecule has 0 aliphatic carbocycles. The van der Waals surface area contributed by atoms with E-state index in [-0.39, 0.29) is 11.9 Å². The Morgan fingerprint density at radius 3 is 2.61 bits per heavy atom. The van der Waals surface area contributed by atoms with Gasteiger partial charge in [0.25, 0.3) is 0 Å². The molecule has 0 aromatic heterocycles. The Morgan fingerprint density at radius 2 is 2.06 bits per heavy atom. The van der Waals surface area contributed by atoms with Crippen molar-refractivity contribution in [1.29, 1.82) is 0 Å². The fourth-order valence-corrected chi connectivity index (χ4v) is 3.86. The second-order valence-electron chi connectivity index (χ2n) is 4.28. The van der Waals surface area contributed by atoms with Crippen LogP contribution in [0.15, 0.2) is 24.3 Å². The summed E-state index contributed by atoms with van der Waals surface area (Å²) in [5, 5.41) is 0. The highest BCUT2D eigenvalue weighted by Gasteiger charge is 2.15. The summed E-state index contributed by atoms with van der Waals surface area (Å²) in [6, 6.07) is 7.09. The van der Waals surface area contributed by atoms with Crippen LogP contribution >= 0.6 is 22.4 Å². The molecule has 1 heterocycles. The molecule has 3 nitrogen and oxygen atoms in total. The lowest BCUT2D eigenvalue weighted by atomic mass is 10.2. The molecule has 100 valence electrons. The monoisotopic (exact) mass is 306 g/mol. The van der Waals surface area contributed by atoms with Gasteiger partial charge in [-0.15, -0.1) is 0 Å². The van der Waals surface area contributed by atoms with E-state index in [2.05, 4.69) is 0 Å². The molecule has 0 bridgehead atoms. The molecule has 0 N–H and O–H groups in total. The largest absolute Gasteiger partial charge is 0.490 e. The van der Waals surface area contributed by atoms with Gasteiger partial charge in [0.15, 0.2) is 0 Å². The van der Waals surface area contributed by atoms with Crippen LogP contribution in [0.4, 0.5) is 0 Å². The molecule has 1 atom stereocenters. The minimum Gasteiger partial charge on any atom is -0.490 e. The first-order valence-corrected chi connectivity index (χ1v) is 9.42. The SMILES string of the molecule is O=S(=O)(Cl)Cc1ccc(OC2CCCSC2)cc1. The van der Waals surface area contributed by atoms with Gasteiger partial charge in [0.05, 0.1) is 5.75 Å². The fourth-order valence-electron chi connectivity index (χ4n) is 1.86. The van der Waals surface area contributed by atoms with Crippen molar-refractivity contribution in [2.75, 3.05) is 11.5 Å². The summed E-state index contributed by atoms with van der Waals surface area (Å²) in [6.07, 6.45) is 2.55. The first-order chi connectivity index (χ1) is 8.53. The van der Waals surface area contributed by atoms with E-state index in [0.717, 1.165) is 17.9 Å². The Labute approximate surface area is 116 Å². The highest BCUT2D eigenvalue weighted by molar-refractivity contribution is 8.13. The molecule has 0 saturated carbocycles. The highest BCUT2D eigenvalue weighted by Crippen LogP contribution is 2.23. The van der Waals surface area contributed by atoms with E-state index >= 15 is 0 Å². The molecule has 0 radical (unpaired) electrons. The molecule has 6 heteroatoms. The van der Waals surface area contributed by atoms with Crippen LogP contribution in [0.3, 0.4) is 0 Å². The molecule has 1 fully saturated rings. The Kier molecular flexibility index (Phi) is 4.81. The van der Waals surface area contributed by atoms with Crippen LogP contribution in [0.1, 0.15) is 18.4 Å². The summed E-state index contributed by atoms with van der Waals surface area (Å²) in [6.45, 7) is 0. The number of ether oxygens (including phenoxy) is 1. The molecule has 1 aromatic carbocycles. The average molecular weight is 307 g/mol. The third-order valence-electron chi connectivity index (χ3n) is 2.68. The van der Waals surface area contributed by atoms with Gasteiger partial charge >= 0.3 is 0 Å². The van der Waals surface area contributed by atoms with Gasteiger partial charge in [-0.2, -0.15) is 11.8 Å². The van der Waals surface area contributed by atoms with Gasteiger partial charge in [-0.3, -0.25) is 0 Å². The van der Waals surface area contributed by atoms with Crippen molar-refractivity contribution in [3.05, 3.63) is 29.8 Å². The quantitative estimate of drug-likeness (QED) is 0.802. The lowest BCUT2D eigenvalue weighted by Gasteiger charge is -2.22. The van der Waals surface area contributed by atoms with E-state index in [1.54, 1.807) is 24.3 Å². The van der Waals surface area contributed by atoms with Crippen LogP contribution in [0, 0.1) is 0 Å². The van der Waals surface area contributed by atoms with Crippen LogP contribution in [-0.4, -0.2) is 26.0 Å². The van der Waals surface area contributed by atoms with Crippen molar-refractivity contribution in [3.63, 3.8) is 0 Å². The van der Waals surface area contributed by atoms with Gasteiger partial charge in [0.1, 0.15) is 11.9 Å². The number of benzene rings is 1. The number of hydrogen-bond donors (Lipinski definition) is 0. The van der Waals surface area contributed by atoms with Crippen molar-refractivity contribution in [1.82, 2.24) is 0 Å². The van der Waals surface area contributed by atoms with E-state index in [4.69, 9.17) is 15.4 Å². The zero-order chi connectivity index (χ0) is 13.0. The van der Waals surface area contributed by atoms with Crippen LogP contribution in [-0.2, 0) is 14.8 Å². The third kappa shape index (κ3) is 4.71. The van der Waals surface area contributed by atoms with Crippen LogP contribution in [0.2, 0.25) is 0 Å². The Bertz CT molecular complexity index is 479. The minimum absolute atomic E-state index is 0.145. The Balaban J connectivity index is 1.94. The number of halogens is 1. The zero-order valence-electron chi connectivity index (χ0n) is 9.84. The van der Waals surface area contributed by atoms with E-state index in [9.17, 15) is 8.42 Å². The molecule has 1 saturated heterocycles. The molecule has 1 aromatic rings. The molecule has 0 amide bonds. The standard InChI is InChI=1S/C12H15ClO3S2/c13-18(14,15)9-10-3-5-11(6-4-10)16-12-2-1-7-17-8-12/h3-6,12H,1-2,7-9H2. The van der Waals surface area contributed by atoms with E-state index in [1.165, 1.54) is 12.2 Å². The molecular weight excluding hydrogens is 292 g/mol. The zero-order valence-corrected chi connectivity index (χ0v) is 12.2. The molecule has 1 aliphatic rings. The van der Waals surface area contributed by atoms with Crippen molar-refractivity contribution in [3.8, 4) is 5.75 Å². The first kappa shape index (κ1) is 14.0. The van der Waals surface area contributed by atoms with E-state index in [1.807, 2.05) is 11.8 Å². The van der Waals surface area contributed by atoms with E-state index < -0.39 is 9.05 Å². The normalized spacial score (nSPS) is 20.6.